The molecule has 0 unspecified atom stereocenters. The second kappa shape index (κ2) is 16.3. The maximum atomic E-state index is 10.5. The highest BCUT2D eigenvalue weighted by atomic mass is 35.5. The number of hydrogen-bond acceptors (Lipinski definition) is 5. The highest BCUT2D eigenvalue weighted by Gasteiger charge is 2.27. The first-order valence-electron chi connectivity index (χ1n) is 10.7. The summed E-state index contributed by atoms with van der Waals surface area (Å²) in [6, 6.07) is 0. The van der Waals surface area contributed by atoms with Gasteiger partial charge in [-0.15, -0.1) is 0 Å². The maximum absolute atomic E-state index is 10.5. The van der Waals surface area contributed by atoms with Gasteiger partial charge in [0.05, 0.1) is 6.61 Å². The van der Waals surface area contributed by atoms with E-state index in [2.05, 4.69) is 10.3 Å². The quantitative estimate of drug-likeness (QED) is 0.383. The molecule has 8 heteroatoms. The lowest BCUT2D eigenvalue weighted by Crippen LogP contribution is -2.32. The van der Waals surface area contributed by atoms with Crippen molar-refractivity contribution in [3.05, 3.63) is 22.8 Å². The first-order chi connectivity index (χ1) is 13.8. The fourth-order valence-electron chi connectivity index (χ4n) is 3.20. The number of unbranched alkanes of at least 4 members (excludes halogenated alkanes) is 2. The Bertz CT molecular complexity index is 584. The monoisotopic (exact) mass is 453 g/mol. The van der Waals surface area contributed by atoms with Crippen LogP contribution in [0, 0.1) is 0 Å². The van der Waals surface area contributed by atoms with Gasteiger partial charge in [-0.05, 0) is 57.4 Å². The molecule has 0 radical (unpaired) electrons. The standard InChI is InChI=1S/C12H20ClNO3S.C7H14O2.C2H6/c13-12-9-5-1-3-7-11(12)8-4-2-6-10-17-18(14,15)16;1-9-7(8)5-3-2-4-6-7;1-2/h5,9H,1-4,6-8,10H2,(H2,14,15,16);8H,2-6H2,1H3;1-2H3. The molecule has 0 amide bonds. The van der Waals surface area contributed by atoms with Crippen LogP contribution in [0.2, 0.25) is 0 Å². The molecule has 2 rings (SSSR count). The van der Waals surface area contributed by atoms with Crippen LogP contribution in [0.4, 0.5) is 0 Å². The summed E-state index contributed by atoms with van der Waals surface area (Å²) in [5.74, 6) is -0.780. The Morgan fingerprint density at radius 2 is 1.79 bits per heavy atom. The predicted octanol–water partition coefficient (Wildman–Crippen LogP) is 5.31. The molecule has 172 valence electrons. The Morgan fingerprint density at radius 1 is 1.14 bits per heavy atom. The van der Waals surface area contributed by atoms with Crippen molar-refractivity contribution in [1.29, 1.82) is 0 Å². The molecule has 29 heavy (non-hydrogen) atoms. The molecule has 0 saturated heterocycles. The Morgan fingerprint density at radius 3 is 2.34 bits per heavy atom. The Labute approximate surface area is 182 Å². The summed E-state index contributed by atoms with van der Waals surface area (Å²) in [5, 5.41) is 15.0. The third kappa shape index (κ3) is 15.1. The lowest BCUT2D eigenvalue weighted by molar-refractivity contribution is -0.202. The number of hydrogen-bond donors (Lipinski definition) is 2. The van der Waals surface area contributed by atoms with E-state index >= 15 is 0 Å². The number of allylic oxidation sites excluding steroid dienone is 4. The smallest absolute Gasteiger partial charge is 0.333 e. The van der Waals surface area contributed by atoms with E-state index in [0.717, 1.165) is 69.2 Å². The molecule has 0 aromatic carbocycles. The zero-order valence-corrected chi connectivity index (χ0v) is 19.9. The van der Waals surface area contributed by atoms with E-state index in [0.29, 0.717) is 6.42 Å². The van der Waals surface area contributed by atoms with Gasteiger partial charge in [-0.25, -0.2) is 5.14 Å². The molecule has 2 aliphatic rings. The summed E-state index contributed by atoms with van der Waals surface area (Å²) < 4.78 is 30.4. The van der Waals surface area contributed by atoms with Gasteiger partial charge >= 0.3 is 10.3 Å². The van der Waals surface area contributed by atoms with Crippen molar-refractivity contribution in [2.75, 3.05) is 13.7 Å². The predicted molar refractivity (Wildman–Crippen MR) is 120 cm³/mol. The second-order valence-corrected chi connectivity index (χ2v) is 8.71. The van der Waals surface area contributed by atoms with Gasteiger partial charge in [0, 0.05) is 25.0 Å². The third-order valence-electron chi connectivity index (χ3n) is 4.84. The molecule has 0 aliphatic heterocycles. The largest absolute Gasteiger partial charge is 0.365 e. The van der Waals surface area contributed by atoms with Gasteiger partial charge in [0.25, 0.3) is 0 Å². The molecule has 6 nitrogen and oxygen atoms in total. The van der Waals surface area contributed by atoms with Gasteiger partial charge in [-0.2, -0.15) is 8.42 Å². The fraction of sp³-hybridized carbons (Fsp3) is 0.810. The topological polar surface area (TPSA) is 98.9 Å². The van der Waals surface area contributed by atoms with Crippen molar-refractivity contribution in [2.24, 2.45) is 5.14 Å². The zero-order valence-electron chi connectivity index (χ0n) is 18.3. The van der Waals surface area contributed by atoms with E-state index in [1.807, 2.05) is 19.9 Å². The summed E-state index contributed by atoms with van der Waals surface area (Å²) in [5.41, 5.74) is 1.30. The highest BCUT2D eigenvalue weighted by molar-refractivity contribution is 7.84. The highest BCUT2D eigenvalue weighted by Crippen LogP contribution is 2.28. The summed E-state index contributed by atoms with van der Waals surface area (Å²) >= 11 is 6.16. The van der Waals surface area contributed by atoms with Crippen LogP contribution in [-0.2, 0) is 19.2 Å². The fourth-order valence-corrected chi connectivity index (χ4v) is 3.83. The Kier molecular flexibility index (Phi) is 16.0. The molecule has 0 aromatic rings. The minimum atomic E-state index is -3.78. The number of methoxy groups -OCH3 is 1. The van der Waals surface area contributed by atoms with Gasteiger partial charge in [-0.1, -0.05) is 49.9 Å². The van der Waals surface area contributed by atoms with Crippen molar-refractivity contribution < 1.29 is 22.4 Å². The first kappa shape index (κ1) is 28.6. The second-order valence-electron chi connectivity index (χ2n) is 7.08. The lowest BCUT2D eigenvalue weighted by Gasteiger charge is -2.29. The number of ether oxygens (including phenoxy) is 1. The van der Waals surface area contributed by atoms with E-state index in [4.69, 9.17) is 21.5 Å². The van der Waals surface area contributed by atoms with E-state index in [9.17, 15) is 13.5 Å². The summed E-state index contributed by atoms with van der Waals surface area (Å²) in [6.07, 6.45) is 16.0. The molecule has 2 aliphatic carbocycles. The van der Waals surface area contributed by atoms with Crippen LogP contribution >= 0.6 is 11.6 Å². The van der Waals surface area contributed by atoms with E-state index in [-0.39, 0.29) is 6.61 Å². The first-order valence-corrected chi connectivity index (χ1v) is 12.6. The molecule has 1 saturated carbocycles. The SMILES string of the molecule is CC.COC1(O)CCCCC1.NS(=O)(=O)OCCCCCC1=C(Cl)C=CCCC1. The van der Waals surface area contributed by atoms with Crippen molar-refractivity contribution in [3.8, 4) is 0 Å². The van der Waals surface area contributed by atoms with Crippen LogP contribution in [0.15, 0.2) is 22.8 Å². The molecular formula is C21H40ClNO5S. The molecule has 0 aromatic heterocycles. The van der Waals surface area contributed by atoms with Crippen LogP contribution in [0.1, 0.15) is 90.9 Å². The molecule has 0 spiro atoms. The average molecular weight is 454 g/mol. The van der Waals surface area contributed by atoms with E-state index in [1.165, 1.54) is 12.0 Å². The van der Waals surface area contributed by atoms with Crippen molar-refractivity contribution in [3.63, 3.8) is 0 Å². The van der Waals surface area contributed by atoms with Gasteiger partial charge in [0.15, 0.2) is 5.79 Å². The van der Waals surface area contributed by atoms with E-state index < -0.39 is 16.1 Å². The summed E-state index contributed by atoms with van der Waals surface area (Å²) in [7, 11) is -2.21. The number of halogens is 1. The van der Waals surface area contributed by atoms with Crippen LogP contribution in [0.3, 0.4) is 0 Å². The summed E-state index contributed by atoms with van der Waals surface area (Å²) in [6.45, 7) is 4.16. The van der Waals surface area contributed by atoms with Gasteiger partial charge < -0.3 is 9.84 Å². The normalized spacial score (nSPS) is 18.8. The van der Waals surface area contributed by atoms with Crippen molar-refractivity contribution >= 4 is 21.9 Å². The molecule has 0 atom stereocenters. The Balaban J connectivity index is 0.000000595. The van der Waals surface area contributed by atoms with E-state index in [1.54, 1.807) is 7.11 Å². The van der Waals surface area contributed by atoms with Crippen LogP contribution in [-0.4, -0.2) is 33.0 Å². The number of aliphatic hydroxyl groups is 1. The molecule has 1 fully saturated rings. The molecular weight excluding hydrogens is 414 g/mol. The molecule has 0 bridgehead atoms. The number of rotatable bonds is 8. The van der Waals surface area contributed by atoms with Gasteiger partial charge in [-0.3, -0.25) is 4.18 Å². The van der Waals surface area contributed by atoms with Gasteiger partial charge in [0.1, 0.15) is 0 Å². The zero-order chi connectivity index (χ0) is 22.2. The van der Waals surface area contributed by atoms with Crippen molar-refractivity contribution in [1.82, 2.24) is 0 Å². The lowest BCUT2D eigenvalue weighted by atomic mass is 9.94. The minimum Gasteiger partial charge on any atom is -0.365 e. The molecule has 3 N–H and O–H groups in total. The average Bonchev–Trinajstić information content (AvgIpc) is 2.91. The van der Waals surface area contributed by atoms with Crippen LogP contribution < -0.4 is 5.14 Å². The minimum absolute atomic E-state index is 0.158. The Hall–Kier alpha value is -0.440. The van der Waals surface area contributed by atoms with Crippen LogP contribution in [0.25, 0.3) is 0 Å². The van der Waals surface area contributed by atoms with Crippen LogP contribution in [0.5, 0.6) is 0 Å². The molecule has 0 heterocycles. The van der Waals surface area contributed by atoms with Crippen molar-refractivity contribution in [2.45, 2.75) is 96.7 Å². The third-order valence-corrected chi connectivity index (χ3v) is 5.73. The van der Waals surface area contributed by atoms with Gasteiger partial charge in [0.2, 0.25) is 0 Å². The summed E-state index contributed by atoms with van der Waals surface area (Å²) in [4.78, 5) is 0. The maximum Gasteiger partial charge on any atom is 0.333 e. The number of nitrogens with two attached hydrogens (primary N) is 1.